The highest BCUT2D eigenvalue weighted by molar-refractivity contribution is 7.80. The molecule has 1 unspecified atom stereocenters. The molecule has 0 aliphatic carbocycles. The second-order valence-corrected chi connectivity index (χ2v) is 5.53. The fourth-order valence-corrected chi connectivity index (χ4v) is 2.94. The molecule has 18 heavy (non-hydrogen) atoms. The van der Waals surface area contributed by atoms with E-state index in [2.05, 4.69) is 17.3 Å². The van der Waals surface area contributed by atoms with Crippen molar-refractivity contribution in [3.63, 3.8) is 0 Å². The van der Waals surface area contributed by atoms with Crippen LogP contribution in [0.2, 0.25) is 5.02 Å². The number of benzene rings is 1. The summed E-state index contributed by atoms with van der Waals surface area (Å²) in [5.74, 6) is 0. The SMILES string of the molecule is CN1CCCC1CNc1cccc(Cl)c1C(N)=S. The predicted molar refractivity (Wildman–Crippen MR) is 81.5 cm³/mol. The Labute approximate surface area is 118 Å². The molecule has 1 aliphatic heterocycles. The van der Waals surface area contributed by atoms with E-state index < -0.39 is 0 Å². The van der Waals surface area contributed by atoms with Crippen LogP contribution in [-0.4, -0.2) is 36.1 Å². The first-order chi connectivity index (χ1) is 8.59. The van der Waals surface area contributed by atoms with Crippen LogP contribution in [0.1, 0.15) is 18.4 Å². The molecular weight excluding hydrogens is 266 g/mol. The van der Waals surface area contributed by atoms with Crippen molar-refractivity contribution < 1.29 is 0 Å². The van der Waals surface area contributed by atoms with E-state index in [1.165, 1.54) is 19.4 Å². The van der Waals surface area contributed by atoms with Crippen LogP contribution in [0.25, 0.3) is 0 Å². The van der Waals surface area contributed by atoms with Gasteiger partial charge in [0.05, 0.1) is 10.6 Å². The van der Waals surface area contributed by atoms with Gasteiger partial charge in [-0.05, 0) is 38.6 Å². The lowest BCUT2D eigenvalue weighted by Crippen LogP contribution is -2.32. The minimum absolute atomic E-state index is 0.336. The Balaban J connectivity index is 2.09. The van der Waals surface area contributed by atoms with Crippen molar-refractivity contribution in [3.05, 3.63) is 28.8 Å². The van der Waals surface area contributed by atoms with E-state index in [9.17, 15) is 0 Å². The largest absolute Gasteiger partial charge is 0.389 e. The normalized spacial score (nSPS) is 20.0. The Kier molecular flexibility index (Phi) is 4.43. The van der Waals surface area contributed by atoms with Crippen molar-refractivity contribution in [2.75, 3.05) is 25.5 Å². The Hall–Kier alpha value is -0.840. The number of nitrogens with two attached hydrogens (primary N) is 1. The molecule has 1 aliphatic rings. The molecule has 2 rings (SSSR count). The number of hydrogen-bond acceptors (Lipinski definition) is 3. The Morgan fingerprint density at radius 3 is 3.00 bits per heavy atom. The Morgan fingerprint density at radius 2 is 2.39 bits per heavy atom. The smallest absolute Gasteiger partial charge is 0.107 e. The molecule has 98 valence electrons. The molecule has 0 radical (unpaired) electrons. The highest BCUT2D eigenvalue weighted by Gasteiger charge is 2.20. The fourth-order valence-electron chi connectivity index (χ4n) is 2.39. The molecule has 1 atom stereocenters. The quantitative estimate of drug-likeness (QED) is 0.833. The maximum absolute atomic E-state index is 6.13. The third-order valence-corrected chi connectivity index (χ3v) is 3.98. The average molecular weight is 284 g/mol. The van der Waals surface area contributed by atoms with E-state index in [-0.39, 0.29) is 0 Å². The van der Waals surface area contributed by atoms with Crippen LogP contribution in [0.5, 0.6) is 0 Å². The van der Waals surface area contributed by atoms with Crippen LogP contribution in [0, 0.1) is 0 Å². The number of likely N-dealkylation sites (tertiary alicyclic amines) is 1. The summed E-state index contributed by atoms with van der Waals surface area (Å²) >= 11 is 11.2. The molecule has 1 saturated heterocycles. The lowest BCUT2D eigenvalue weighted by Gasteiger charge is -2.21. The molecule has 0 spiro atoms. The van der Waals surface area contributed by atoms with Gasteiger partial charge in [0.1, 0.15) is 4.99 Å². The summed E-state index contributed by atoms with van der Waals surface area (Å²) in [4.78, 5) is 2.71. The van der Waals surface area contributed by atoms with Gasteiger partial charge in [-0.2, -0.15) is 0 Å². The van der Waals surface area contributed by atoms with Crippen LogP contribution < -0.4 is 11.1 Å². The maximum Gasteiger partial charge on any atom is 0.107 e. The molecular formula is C13H18ClN3S. The zero-order chi connectivity index (χ0) is 13.1. The first kappa shape index (κ1) is 13.6. The zero-order valence-corrected chi connectivity index (χ0v) is 12.0. The molecule has 5 heteroatoms. The number of likely N-dealkylation sites (N-methyl/N-ethyl adjacent to an activating group) is 1. The zero-order valence-electron chi connectivity index (χ0n) is 10.4. The number of anilines is 1. The van der Waals surface area contributed by atoms with Gasteiger partial charge in [-0.15, -0.1) is 0 Å². The summed E-state index contributed by atoms with van der Waals surface area (Å²) in [6.07, 6.45) is 2.49. The number of nitrogens with zero attached hydrogens (tertiary/aromatic N) is 1. The van der Waals surface area contributed by atoms with Crippen molar-refractivity contribution in [2.24, 2.45) is 5.73 Å². The molecule has 1 aromatic rings. The molecule has 1 fully saturated rings. The molecule has 0 aromatic heterocycles. The lowest BCUT2D eigenvalue weighted by molar-refractivity contribution is 0.322. The van der Waals surface area contributed by atoms with Crippen LogP contribution in [0.3, 0.4) is 0 Å². The van der Waals surface area contributed by atoms with Gasteiger partial charge in [0.15, 0.2) is 0 Å². The second-order valence-electron chi connectivity index (χ2n) is 4.68. The third kappa shape index (κ3) is 2.94. The highest BCUT2D eigenvalue weighted by atomic mass is 35.5. The van der Waals surface area contributed by atoms with Gasteiger partial charge in [-0.3, -0.25) is 0 Å². The lowest BCUT2D eigenvalue weighted by atomic mass is 10.1. The van der Waals surface area contributed by atoms with Crippen molar-refractivity contribution in [2.45, 2.75) is 18.9 Å². The first-order valence-electron chi connectivity index (χ1n) is 6.12. The number of nitrogens with one attached hydrogen (secondary N) is 1. The van der Waals surface area contributed by atoms with Crippen molar-refractivity contribution in [1.29, 1.82) is 0 Å². The van der Waals surface area contributed by atoms with Crippen LogP contribution in [0.15, 0.2) is 18.2 Å². The number of rotatable bonds is 4. The fraction of sp³-hybridized carbons (Fsp3) is 0.462. The minimum Gasteiger partial charge on any atom is -0.389 e. The van der Waals surface area contributed by atoms with Gasteiger partial charge >= 0.3 is 0 Å². The summed E-state index contributed by atoms with van der Waals surface area (Å²) in [6, 6.07) is 6.26. The molecule has 1 heterocycles. The van der Waals surface area contributed by atoms with Gasteiger partial charge < -0.3 is 16.0 Å². The molecule has 1 aromatic carbocycles. The van der Waals surface area contributed by atoms with Gasteiger partial charge in [0.25, 0.3) is 0 Å². The number of hydrogen-bond donors (Lipinski definition) is 2. The van der Waals surface area contributed by atoms with E-state index in [1.807, 2.05) is 18.2 Å². The third-order valence-electron chi connectivity index (χ3n) is 3.46. The summed E-state index contributed by atoms with van der Waals surface area (Å²) in [6.45, 7) is 2.07. The van der Waals surface area contributed by atoms with E-state index >= 15 is 0 Å². The summed E-state index contributed by atoms with van der Waals surface area (Å²) in [7, 11) is 2.16. The van der Waals surface area contributed by atoms with Gasteiger partial charge in [0.2, 0.25) is 0 Å². The van der Waals surface area contributed by atoms with E-state index in [4.69, 9.17) is 29.6 Å². The molecule has 3 N–H and O–H groups in total. The molecule has 0 amide bonds. The molecule has 0 bridgehead atoms. The molecule has 0 saturated carbocycles. The minimum atomic E-state index is 0.336. The first-order valence-corrected chi connectivity index (χ1v) is 6.90. The monoisotopic (exact) mass is 283 g/mol. The summed E-state index contributed by atoms with van der Waals surface area (Å²) in [5.41, 5.74) is 7.39. The second kappa shape index (κ2) is 5.87. The van der Waals surface area contributed by atoms with Crippen LogP contribution in [0.4, 0.5) is 5.69 Å². The maximum atomic E-state index is 6.13. The van der Waals surface area contributed by atoms with E-state index in [0.29, 0.717) is 16.1 Å². The topological polar surface area (TPSA) is 41.3 Å². The average Bonchev–Trinajstić information content (AvgIpc) is 2.71. The molecule has 3 nitrogen and oxygen atoms in total. The van der Waals surface area contributed by atoms with Crippen LogP contribution in [-0.2, 0) is 0 Å². The summed E-state index contributed by atoms with van der Waals surface area (Å²) in [5, 5.41) is 4.02. The Bertz CT molecular complexity index is 450. The highest BCUT2D eigenvalue weighted by Crippen LogP contribution is 2.25. The summed E-state index contributed by atoms with van der Waals surface area (Å²) < 4.78 is 0. The van der Waals surface area contributed by atoms with Gasteiger partial charge in [0, 0.05) is 18.3 Å². The van der Waals surface area contributed by atoms with Crippen LogP contribution >= 0.6 is 23.8 Å². The van der Waals surface area contributed by atoms with E-state index in [0.717, 1.165) is 17.8 Å². The predicted octanol–water partition coefficient (Wildman–Crippen LogP) is 2.48. The van der Waals surface area contributed by atoms with E-state index in [1.54, 1.807) is 0 Å². The number of thiocarbonyl (C=S) groups is 1. The van der Waals surface area contributed by atoms with Crippen molar-refractivity contribution in [1.82, 2.24) is 4.90 Å². The van der Waals surface area contributed by atoms with Crippen molar-refractivity contribution >= 4 is 34.5 Å². The number of halogens is 1. The van der Waals surface area contributed by atoms with Crippen molar-refractivity contribution in [3.8, 4) is 0 Å². The van der Waals surface area contributed by atoms with Gasteiger partial charge in [-0.25, -0.2) is 0 Å². The standard InChI is InChI=1S/C13H18ClN3S/c1-17-7-3-4-9(17)8-16-11-6-2-5-10(14)12(11)13(15)18/h2,5-6,9,16H,3-4,7-8H2,1H3,(H2,15,18). The van der Waals surface area contributed by atoms with Gasteiger partial charge in [-0.1, -0.05) is 29.9 Å². The Morgan fingerprint density at radius 1 is 1.61 bits per heavy atom.